The summed E-state index contributed by atoms with van der Waals surface area (Å²) in [6.45, 7) is 4.15. The minimum Gasteiger partial charge on any atom is -0.756 e. The summed E-state index contributed by atoms with van der Waals surface area (Å²) in [4.78, 5) is 38.2. The number of esters is 2. The van der Waals surface area contributed by atoms with Crippen molar-refractivity contribution in [3.63, 3.8) is 0 Å². The summed E-state index contributed by atoms with van der Waals surface area (Å²) >= 11 is 0. The van der Waals surface area contributed by atoms with Gasteiger partial charge in [0.25, 0.3) is 7.82 Å². The number of unbranched alkanes of at least 4 members (excludes halogenated alkanes) is 41. The van der Waals surface area contributed by atoms with Gasteiger partial charge in [-0.2, -0.15) is 0 Å². The summed E-state index contributed by atoms with van der Waals surface area (Å²) in [7, 11) is 1.17. The fourth-order valence-electron chi connectivity index (χ4n) is 11.8. The fraction of sp³-hybridized carbons (Fsp3) is 0.733. The Balaban J connectivity index is 3.97. The SMILES string of the molecule is CC/C=C\C/C=C\C/C=C\C/C=C\C/C=C\C/C=C\C/C=C\C/C=C\C/C=C\CCCCCCCCCCCCCC(=O)OC(COC(=O)CCCCCCCCCCCCCCCCCCCCCCCCCCC/C=C\C/C=C\CCCCCCC)COP(=O)([O-])OCC[N+](C)(C)C. The Morgan fingerprint density at radius 3 is 0.850 bits per heavy atom. The maximum atomic E-state index is 12.9. The number of hydrogen-bond donors (Lipinski definition) is 0. The standard InChI is InChI=1S/C90H158NO8P/c1-6-8-10-12-14-16-18-20-22-24-26-28-30-32-34-36-38-40-42-44-45-47-49-51-53-55-57-59-61-63-65-67-69-71-73-75-77-79-81-83-90(93)99-88(87-98-100(94,95)97-85-84-91(3,4)5)86-96-89(92)82-80-78-76-74-72-70-68-66-64-62-60-58-56-54-52-50-48-46-43-41-39-37-35-33-31-29-27-25-23-21-19-17-15-13-11-9-7-2/h8,10,14,16,19-22,25-28,32,34,38,40,44-45,49,51,55,57,88H,6-7,9,11-13,15,17-18,23-24,29-31,33,35-37,39,41-43,46-48,50,52-54,56,58-87H2,1-5H3/b10-8-,16-14-,21-19-,22-20-,27-25-,28-26-,34-32-,40-38-,45-44-,51-49-,57-55-. The molecule has 576 valence electrons. The van der Waals surface area contributed by atoms with E-state index in [-0.39, 0.29) is 32.0 Å². The molecule has 2 unspecified atom stereocenters. The van der Waals surface area contributed by atoms with Crippen molar-refractivity contribution in [1.29, 1.82) is 0 Å². The second-order valence-electron chi connectivity index (χ2n) is 29.1. The van der Waals surface area contributed by atoms with Gasteiger partial charge in [0, 0.05) is 12.8 Å². The molecule has 0 saturated heterocycles. The molecule has 0 radical (unpaired) electrons. The maximum Gasteiger partial charge on any atom is 0.306 e. The first-order valence-corrected chi connectivity index (χ1v) is 43.4. The second-order valence-corrected chi connectivity index (χ2v) is 30.5. The van der Waals surface area contributed by atoms with Crippen molar-refractivity contribution in [3.8, 4) is 0 Å². The summed E-state index contributed by atoms with van der Waals surface area (Å²) in [6.07, 6.45) is 116. The average Bonchev–Trinajstić information content (AvgIpc) is 1.07. The molecule has 0 aromatic carbocycles. The number of carbonyl (C=O) groups is 2. The highest BCUT2D eigenvalue weighted by molar-refractivity contribution is 7.45. The molecule has 100 heavy (non-hydrogen) atoms. The summed E-state index contributed by atoms with van der Waals surface area (Å²) in [6, 6.07) is 0. The van der Waals surface area contributed by atoms with Crippen LogP contribution in [-0.2, 0) is 32.7 Å². The van der Waals surface area contributed by atoms with Crippen molar-refractivity contribution in [3.05, 3.63) is 134 Å². The largest absolute Gasteiger partial charge is 0.756 e. The van der Waals surface area contributed by atoms with E-state index in [0.29, 0.717) is 17.4 Å². The molecule has 0 bridgehead atoms. The van der Waals surface area contributed by atoms with Gasteiger partial charge >= 0.3 is 11.9 Å². The normalized spacial score (nSPS) is 13.7. The Morgan fingerprint density at radius 1 is 0.320 bits per heavy atom. The van der Waals surface area contributed by atoms with Crippen LogP contribution in [0.1, 0.15) is 373 Å². The average molecular weight is 1410 g/mol. The molecular formula is C90H158NO8P. The minimum absolute atomic E-state index is 0.0347. The van der Waals surface area contributed by atoms with Crippen LogP contribution in [0.3, 0.4) is 0 Å². The third kappa shape index (κ3) is 83.1. The van der Waals surface area contributed by atoms with E-state index >= 15 is 0 Å². The van der Waals surface area contributed by atoms with Crippen LogP contribution in [0.25, 0.3) is 0 Å². The minimum atomic E-state index is -4.65. The van der Waals surface area contributed by atoms with E-state index in [0.717, 1.165) is 109 Å². The van der Waals surface area contributed by atoms with Crippen molar-refractivity contribution in [2.75, 3.05) is 47.5 Å². The lowest BCUT2D eigenvalue weighted by Gasteiger charge is -2.28. The number of allylic oxidation sites excluding steroid dienone is 22. The summed E-state index contributed by atoms with van der Waals surface area (Å²) < 4.78 is 34.4. The van der Waals surface area contributed by atoms with Crippen LogP contribution < -0.4 is 4.89 Å². The monoisotopic (exact) mass is 1410 g/mol. The molecule has 10 heteroatoms. The molecule has 0 saturated carbocycles. The number of nitrogens with zero attached hydrogens (tertiary/aromatic N) is 1. The molecule has 0 N–H and O–H groups in total. The van der Waals surface area contributed by atoms with Crippen molar-refractivity contribution >= 4 is 19.8 Å². The van der Waals surface area contributed by atoms with E-state index in [1.807, 2.05) is 21.1 Å². The molecule has 9 nitrogen and oxygen atoms in total. The number of hydrogen-bond acceptors (Lipinski definition) is 8. The second kappa shape index (κ2) is 79.3. The number of ether oxygens (including phenoxy) is 2. The molecule has 0 aromatic rings. The number of phosphoric ester groups is 1. The van der Waals surface area contributed by atoms with E-state index < -0.39 is 26.5 Å². The maximum absolute atomic E-state index is 12.9. The van der Waals surface area contributed by atoms with Gasteiger partial charge in [0.2, 0.25) is 0 Å². The van der Waals surface area contributed by atoms with Crippen LogP contribution in [0.4, 0.5) is 0 Å². The van der Waals surface area contributed by atoms with E-state index in [4.69, 9.17) is 18.5 Å². The van der Waals surface area contributed by atoms with Crippen LogP contribution in [0.2, 0.25) is 0 Å². The first-order valence-electron chi connectivity index (χ1n) is 41.9. The molecule has 0 spiro atoms. The lowest BCUT2D eigenvalue weighted by Crippen LogP contribution is -2.37. The summed E-state index contributed by atoms with van der Waals surface area (Å²) in [5.41, 5.74) is 0. The van der Waals surface area contributed by atoms with Gasteiger partial charge in [-0.15, -0.1) is 0 Å². The summed E-state index contributed by atoms with van der Waals surface area (Å²) in [5, 5.41) is 0. The fourth-order valence-corrected chi connectivity index (χ4v) is 12.5. The number of phosphoric acid groups is 1. The third-order valence-corrected chi connectivity index (χ3v) is 19.1. The lowest BCUT2D eigenvalue weighted by atomic mass is 10.0. The molecule has 0 aliphatic carbocycles. The number of rotatable bonds is 77. The van der Waals surface area contributed by atoms with Crippen molar-refractivity contribution in [2.45, 2.75) is 380 Å². The van der Waals surface area contributed by atoms with E-state index in [9.17, 15) is 19.0 Å². The van der Waals surface area contributed by atoms with Crippen molar-refractivity contribution in [2.24, 2.45) is 0 Å². The predicted octanol–water partition coefficient (Wildman–Crippen LogP) is 27.7. The molecule has 0 aliphatic heterocycles. The molecule has 0 aromatic heterocycles. The number of likely N-dealkylation sites (N-methyl/N-ethyl adjacent to an activating group) is 1. The lowest BCUT2D eigenvalue weighted by molar-refractivity contribution is -0.870. The molecule has 0 heterocycles. The molecule has 0 aliphatic rings. The van der Waals surface area contributed by atoms with Crippen LogP contribution in [0.5, 0.6) is 0 Å². The van der Waals surface area contributed by atoms with Crippen LogP contribution in [0.15, 0.2) is 134 Å². The summed E-state index contributed by atoms with van der Waals surface area (Å²) in [5.74, 6) is -0.827. The van der Waals surface area contributed by atoms with Crippen LogP contribution in [-0.4, -0.2) is 70.0 Å². The quantitative estimate of drug-likeness (QED) is 0.0195. The highest BCUT2D eigenvalue weighted by Gasteiger charge is 2.22. The van der Waals surface area contributed by atoms with Crippen LogP contribution in [0, 0.1) is 0 Å². The van der Waals surface area contributed by atoms with Gasteiger partial charge in [-0.25, -0.2) is 0 Å². The highest BCUT2D eigenvalue weighted by Crippen LogP contribution is 2.38. The molecule has 0 rings (SSSR count). The van der Waals surface area contributed by atoms with E-state index in [1.54, 1.807) is 0 Å². The highest BCUT2D eigenvalue weighted by atomic mass is 31.2. The zero-order valence-corrected chi connectivity index (χ0v) is 66.8. The smallest absolute Gasteiger partial charge is 0.306 e. The Hall–Kier alpha value is -3.85. The molecule has 0 amide bonds. The predicted molar refractivity (Wildman–Crippen MR) is 434 cm³/mol. The number of quaternary nitrogens is 1. The van der Waals surface area contributed by atoms with E-state index in [1.165, 1.54) is 231 Å². The van der Waals surface area contributed by atoms with Crippen LogP contribution >= 0.6 is 7.82 Å². The van der Waals surface area contributed by atoms with Crippen molar-refractivity contribution < 1.29 is 42.1 Å². The van der Waals surface area contributed by atoms with Gasteiger partial charge in [-0.1, -0.05) is 379 Å². The Labute approximate surface area is 619 Å². The molecule has 2 atom stereocenters. The zero-order chi connectivity index (χ0) is 72.5. The molecule has 0 fully saturated rings. The Kier molecular flexibility index (Phi) is 76.2. The molecular weight excluding hydrogens is 1250 g/mol. The van der Waals surface area contributed by atoms with Gasteiger partial charge in [0.05, 0.1) is 27.7 Å². The first-order chi connectivity index (χ1) is 49.0. The van der Waals surface area contributed by atoms with Gasteiger partial charge in [-0.3, -0.25) is 14.2 Å². The Morgan fingerprint density at radius 2 is 0.570 bits per heavy atom. The van der Waals surface area contributed by atoms with E-state index in [2.05, 4.69) is 148 Å². The van der Waals surface area contributed by atoms with Gasteiger partial charge in [-0.05, 0) is 116 Å². The number of carbonyl (C=O) groups excluding carboxylic acids is 2. The van der Waals surface area contributed by atoms with Crippen molar-refractivity contribution in [1.82, 2.24) is 0 Å². The van der Waals surface area contributed by atoms with Gasteiger partial charge in [0.1, 0.15) is 19.8 Å². The Bertz CT molecular complexity index is 2160. The zero-order valence-electron chi connectivity index (χ0n) is 65.9. The third-order valence-electron chi connectivity index (χ3n) is 18.2. The van der Waals surface area contributed by atoms with Gasteiger partial charge < -0.3 is 27.9 Å². The van der Waals surface area contributed by atoms with Gasteiger partial charge in [0.15, 0.2) is 6.10 Å². The topological polar surface area (TPSA) is 111 Å². The first kappa shape index (κ1) is 96.2.